The maximum atomic E-state index is 2.29. The van der Waals surface area contributed by atoms with Crippen LogP contribution in [-0.2, 0) is 130 Å². The van der Waals surface area contributed by atoms with Crippen molar-refractivity contribution < 1.29 is 141 Å². The van der Waals surface area contributed by atoms with Crippen molar-refractivity contribution in [1.82, 2.24) is 0 Å². The Balaban J connectivity index is -0.0000000875. The number of hydrogen-bond acceptors (Lipinski definition) is 0. The summed E-state index contributed by atoms with van der Waals surface area (Å²) in [7, 11) is 0. The quantitative estimate of drug-likeness (QED) is 0.108. The SMILES string of the molecule is CCCCc1ccc[c-]1CCCC.CCCCc1ccc[c-]1CCCC.CCCc1ccc[c-]1CCC.CCCc1ccc[c-]1CCC.[Cl-].[Cl-].[Cl-].[Cl-].[Cl-].[Zr+4].[Zr+4].[Zr+4]. The fourth-order valence-electron chi connectivity index (χ4n) is 6.48. The van der Waals surface area contributed by atoms with Crippen LogP contribution >= 0.6 is 0 Å². The molecule has 0 spiro atoms. The van der Waals surface area contributed by atoms with Crippen molar-refractivity contribution in [2.75, 3.05) is 0 Å². The van der Waals surface area contributed by atoms with Crippen molar-refractivity contribution in [1.29, 1.82) is 0 Å². The summed E-state index contributed by atoms with van der Waals surface area (Å²) in [5.74, 6) is 0. The topological polar surface area (TPSA) is 0 Å². The molecule has 0 radical (unpaired) electrons. The smallest absolute Gasteiger partial charge is 1.00 e. The molecule has 0 aromatic heterocycles. The molecule has 0 bridgehead atoms. The number of aryl methyl sites for hydroxylation is 8. The summed E-state index contributed by atoms with van der Waals surface area (Å²) in [6.07, 6.45) is 25.8. The zero-order chi connectivity index (χ0) is 35.2. The van der Waals surface area contributed by atoms with Crippen molar-refractivity contribution >= 4 is 0 Å². The van der Waals surface area contributed by atoms with Crippen LogP contribution in [0.3, 0.4) is 0 Å². The molecule has 0 saturated carbocycles. The van der Waals surface area contributed by atoms with Gasteiger partial charge in [0, 0.05) is 0 Å². The number of rotatable bonds is 20. The van der Waals surface area contributed by atoms with Gasteiger partial charge in [-0.2, -0.15) is 68.8 Å². The molecule has 0 unspecified atom stereocenters. The molecule has 312 valence electrons. The first-order chi connectivity index (χ1) is 23.5. The molecule has 56 heavy (non-hydrogen) atoms. The van der Waals surface area contributed by atoms with E-state index in [0.29, 0.717) is 0 Å². The van der Waals surface area contributed by atoms with E-state index in [1.807, 2.05) is 0 Å². The Morgan fingerprint density at radius 3 is 0.786 bits per heavy atom. The molecule has 4 aromatic carbocycles. The van der Waals surface area contributed by atoms with Crippen LogP contribution in [0.4, 0.5) is 0 Å². The van der Waals surface area contributed by atoms with Gasteiger partial charge in [0.1, 0.15) is 0 Å². The number of hydrogen-bond donors (Lipinski definition) is 0. The normalized spacial score (nSPS) is 9.00. The molecule has 0 aliphatic heterocycles. The van der Waals surface area contributed by atoms with Crippen molar-refractivity contribution in [3.05, 3.63) is 117 Å². The van der Waals surface area contributed by atoms with Gasteiger partial charge in [0.2, 0.25) is 0 Å². The molecule has 0 amide bonds. The molecule has 0 saturated heterocycles. The molecule has 0 heterocycles. The van der Waals surface area contributed by atoms with Crippen molar-refractivity contribution in [3.63, 3.8) is 0 Å². The predicted octanol–water partition coefficient (Wildman–Crippen LogP) is -0.185. The minimum absolute atomic E-state index is 0. The Kier molecular flexibility index (Phi) is 70.4. The van der Waals surface area contributed by atoms with E-state index in [0.717, 1.165) is 0 Å². The Morgan fingerprint density at radius 2 is 0.554 bits per heavy atom. The molecule has 0 nitrogen and oxygen atoms in total. The van der Waals surface area contributed by atoms with E-state index >= 15 is 0 Å². The monoisotopic (exact) mass is 1100 g/mol. The maximum absolute atomic E-state index is 2.29. The first-order valence-electron chi connectivity index (χ1n) is 20.5. The second-order valence-corrected chi connectivity index (χ2v) is 13.7. The Hall–Kier alpha value is 1.50. The van der Waals surface area contributed by atoms with Crippen LogP contribution in [0, 0.1) is 0 Å². The fourth-order valence-corrected chi connectivity index (χ4v) is 6.48. The van der Waals surface area contributed by atoms with E-state index in [4.69, 9.17) is 0 Å². The van der Waals surface area contributed by atoms with Gasteiger partial charge in [0.15, 0.2) is 0 Å². The molecule has 4 rings (SSSR count). The van der Waals surface area contributed by atoms with E-state index < -0.39 is 0 Å². The van der Waals surface area contributed by atoms with Crippen molar-refractivity contribution in [3.8, 4) is 0 Å². The zero-order valence-corrected chi connectivity index (χ0v) is 47.6. The van der Waals surface area contributed by atoms with Gasteiger partial charge in [-0.15, -0.1) is 0 Å². The van der Waals surface area contributed by atoms with E-state index in [1.165, 1.54) is 128 Å². The van der Waals surface area contributed by atoms with Crippen molar-refractivity contribution in [2.24, 2.45) is 0 Å². The minimum Gasteiger partial charge on any atom is -1.00 e. The third-order valence-corrected chi connectivity index (χ3v) is 9.31. The Bertz CT molecular complexity index is 1070. The van der Waals surface area contributed by atoms with E-state index in [9.17, 15) is 0 Å². The van der Waals surface area contributed by atoms with Gasteiger partial charge in [-0.1, -0.05) is 184 Å². The van der Waals surface area contributed by atoms with Gasteiger partial charge < -0.3 is 62.0 Å². The van der Waals surface area contributed by atoms with Gasteiger partial charge in [0.25, 0.3) is 0 Å². The minimum atomic E-state index is 0. The molecule has 0 atom stereocenters. The van der Waals surface area contributed by atoms with Crippen LogP contribution < -0.4 is 62.0 Å². The van der Waals surface area contributed by atoms with Crippen molar-refractivity contribution in [2.45, 2.75) is 184 Å². The molecule has 0 N–H and O–H groups in total. The zero-order valence-electron chi connectivity index (χ0n) is 36.5. The average Bonchev–Trinajstić information content (AvgIpc) is 3.92. The van der Waals surface area contributed by atoms with Gasteiger partial charge in [-0.25, -0.2) is 48.5 Å². The molecule has 0 aliphatic carbocycles. The summed E-state index contributed by atoms with van der Waals surface area (Å²) < 4.78 is 0. The van der Waals surface area contributed by atoms with E-state index in [1.54, 1.807) is 44.5 Å². The number of unbranched alkanes of at least 4 members (excludes halogenated alkanes) is 4. The summed E-state index contributed by atoms with van der Waals surface area (Å²) in [5.41, 5.74) is 12.6. The molecule has 8 heteroatoms. The van der Waals surface area contributed by atoms with Crippen LogP contribution in [-0.4, -0.2) is 0 Å². The molecule has 0 aliphatic rings. The van der Waals surface area contributed by atoms with Gasteiger partial charge in [-0.05, 0) is 0 Å². The first-order valence-corrected chi connectivity index (χ1v) is 20.5. The summed E-state index contributed by atoms with van der Waals surface area (Å²) in [6, 6.07) is 27.0. The van der Waals surface area contributed by atoms with Crippen LogP contribution in [0.15, 0.2) is 72.8 Å². The van der Waals surface area contributed by atoms with Gasteiger partial charge in [-0.3, -0.25) is 0 Å². The van der Waals surface area contributed by atoms with Gasteiger partial charge in [0.05, 0.1) is 0 Å². The Labute approximate surface area is 436 Å². The fraction of sp³-hybridized carbons (Fsp3) is 0.583. The first kappa shape index (κ1) is 74.9. The van der Waals surface area contributed by atoms with Crippen LogP contribution in [0.25, 0.3) is 0 Å². The Morgan fingerprint density at radius 1 is 0.304 bits per heavy atom. The van der Waals surface area contributed by atoms with Crippen LogP contribution in [0.5, 0.6) is 0 Å². The van der Waals surface area contributed by atoms with E-state index in [-0.39, 0.29) is 141 Å². The molecule has 4 aromatic rings. The summed E-state index contributed by atoms with van der Waals surface area (Å²) in [4.78, 5) is 0. The summed E-state index contributed by atoms with van der Waals surface area (Å²) in [6.45, 7) is 18.0. The molecule has 0 fully saturated rings. The average molecular weight is 1100 g/mol. The summed E-state index contributed by atoms with van der Waals surface area (Å²) >= 11 is 0. The summed E-state index contributed by atoms with van der Waals surface area (Å²) in [5, 5.41) is 0. The molecular weight excluding hydrogens is 1030 g/mol. The molecular formula is C48H76Cl5Zr3+3. The predicted molar refractivity (Wildman–Crippen MR) is 219 cm³/mol. The van der Waals surface area contributed by atoms with Crippen LogP contribution in [0.1, 0.15) is 177 Å². The second kappa shape index (κ2) is 52.6. The maximum Gasteiger partial charge on any atom is 4.00 e. The second-order valence-electron chi connectivity index (χ2n) is 13.7. The standard InChI is InChI=1S/2C13H21.2C11H17.5ClH.3Zr/c2*1-3-5-8-12-10-7-11-13(12)9-6-4-2;2*1-3-6-10-8-5-9-11(10)7-4-2;;;;;;;;/h2*7,10-11H,3-6,8-9H2,1-2H3;2*5,8-9H,3-4,6-7H2,1-2H3;5*1H;;;/q4*-1;;;;;;3*+4/p-5. The van der Waals surface area contributed by atoms with E-state index in [2.05, 4.69) is 128 Å². The van der Waals surface area contributed by atoms with Crippen LogP contribution in [0.2, 0.25) is 0 Å². The third-order valence-electron chi connectivity index (χ3n) is 9.31. The largest absolute Gasteiger partial charge is 4.00 e. The third kappa shape index (κ3) is 34.1. The number of halogens is 5. The van der Waals surface area contributed by atoms with Gasteiger partial charge >= 0.3 is 78.6 Å².